The fourth-order valence-electron chi connectivity index (χ4n) is 1.17. The van der Waals surface area contributed by atoms with Crippen molar-refractivity contribution < 1.29 is 0 Å². The quantitative estimate of drug-likeness (QED) is 0.625. The van der Waals surface area contributed by atoms with Gasteiger partial charge in [-0.3, -0.25) is 16.3 Å². The Hall–Kier alpha value is -0.450. The molecule has 3 nitrogen and oxygen atoms in total. The maximum Gasteiger partial charge on any atom is 0.0410 e. The monoisotopic (exact) mass is 243 g/mol. The Balaban J connectivity index is 2.62. The summed E-state index contributed by atoms with van der Waals surface area (Å²) in [6.45, 7) is 2.11. The van der Waals surface area contributed by atoms with E-state index in [2.05, 4.69) is 39.3 Å². The van der Waals surface area contributed by atoms with E-state index in [1.165, 1.54) is 5.56 Å². The Labute approximate surface area is 86.8 Å². The summed E-state index contributed by atoms with van der Waals surface area (Å²) in [6, 6.07) is 2.39. The standard InChI is InChI=1S/C9H14BrN3/c1-2-9(13-11)4-7-3-8(10)6-12-5-7/h3,5-6,9,13H,2,4,11H2,1H3. The number of hydrogen-bond donors (Lipinski definition) is 2. The molecule has 0 aliphatic heterocycles. The van der Waals surface area contributed by atoms with Gasteiger partial charge in [-0.2, -0.15) is 0 Å². The van der Waals surface area contributed by atoms with Gasteiger partial charge in [0.05, 0.1) is 0 Å². The van der Waals surface area contributed by atoms with E-state index in [1.54, 1.807) is 6.20 Å². The van der Waals surface area contributed by atoms with Gasteiger partial charge in [0, 0.05) is 22.9 Å². The van der Waals surface area contributed by atoms with E-state index in [-0.39, 0.29) is 0 Å². The molecule has 13 heavy (non-hydrogen) atoms. The molecule has 1 atom stereocenters. The van der Waals surface area contributed by atoms with Crippen molar-refractivity contribution in [1.82, 2.24) is 10.4 Å². The molecule has 1 aromatic rings. The van der Waals surface area contributed by atoms with E-state index in [9.17, 15) is 0 Å². The van der Waals surface area contributed by atoms with Crippen LogP contribution in [0, 0.1) is 0 Å². The Morgan fingerprint density at radius 3 is 2.92 bits per heavy atom. The molecule has 0 aliphatic rings. The number of pyridine rings is 1. The van der Waals surface area contributed by atoms with Crippen LogP contribution in [-0.2, 0) is 6.42 Å². The maximum atomic E-state index is 5.39. The molecule has 1 heterocycles. The summed E-state index contributed by atoms with van der Waals surface area (Å²) in [5, 5.41) is 0. The first-order chi connectivity index (χ1) is 6.26. The average molecular weight is 244 g/mol. The first-order valence-electron chi connectivity index (χ1n) is 4.31. The first kappa shape index (κ1) is 10.6. The van der Waals surface area contributed by atoms with Crippen LogP contribution in [0.25, 0.3) is 0 Å². The minimum absolute atomic E-state index is 0.330. The van der Waals surface area contributed by atoms with Crippen molar-refractivity contribution in [3.8, 4) is 0 Å². The minimum atomic E-state index is 0.330. The molecule has 0 saturated carbocycles. The molecule has 3 N–H and O–H groups in total. The van der Waals surface area contributed by atoms with Crippen LogP contribution < -0.4 is 11.3 Å². The lowest BCUT2D eigenvalue weighted by molar-refractivity contribution is 0.510. The highest BCUT2D eigenvalue weighted by molar-refractivity contribution is 9.10. The van der Waals surface area contributed by atoms with E-state index in [0.29, 0.717) is 6.04 Å². The fraction of sp³-hybridized carbons (Fsp3) is 0.444. The molecule has 0 spiro atoms. The Morgan fingerprint density at radius 1 is 1.62 bits per heavy atom. The molecule has 0 aromatic carbocycles. The second-order valence-electron chi connectivity index (χ2n) is 2.99. The summed E-state index contributed by atoms with van der Waals surface area (Å²) >= 11 is 3.38. The predicted octanol–water partition coefficient (Wildman–Crippen LogP) is 1.63. The van der Waals surface area contributed by atoms with Crippen molar-refractivity contribution >= 4 is 15.9 Å². The number of aromatic nitrogens is 1. The molecule has 0 saturated heterocycles. The van der Waals surface area contributed by atoms with E-state index >= 15 is 0 Å². The lowest BCUT2D eigenvalue weighted by atomic mass is 10.1. The van der Waals surface area contributed by atoms with Gasteiger partial charge in [0.2, 0.25) is 0 Å². The third-order valence-corrected chi connectivity index (χ3v) is 2.41. The highest BCUT2D eigenvalue weighted by Crippen LogP contribution is 2.11. The van der Waals surface area contributed by atoms with Crippen LogP contribution in [0.5, 0.6) is 0 Å². The number of halogens is 1. The zero-order chi connectivity index (χ0) is 9.68. The molecule has 1 rings (SSSR count). The van der Waals surface area contributed by atoms with Crippen LogP contribution in [0.3, 0.4) is 0 Å². The van der Waals surface area contributed by atoms with Crippen LogP contribution in [0.4, 0.5) is 0 Å². The van der Waals surface area contributed by atoms with Crippen molar-refractivity contribution in [2.75, 3.05) is 0 Å². The average Bonchev–Trinajstić information content (AvgIpc) is 2.14. The second-order valence-corrected chi connectivity index (χ2v) is 3.90. The lowest BCUT2D eigenvalue weighted by Crippen LogP contribution is -2.36. The van der Waals surface area contributed by atoms with Crippen LogP contribution in [0.2, 0.25) is 0 Å². The third kappa shape index (κ3) is 3.42. The molecular formula is C9H14BrN3. The molecule has 0 amide bonds. The van der Waals surface area contributed by atoms with E-state index < -0.39 is 0 Å². The largest absolute Gasteiger partial charge is 0.271 e. The van der Waals surface area contributed by atoms with Crippen molar-refractivity contribution in [1.29, 1.82) is 0 Å². The van der Waals surface area contributed by atoms with Crippen molar-refractivity contribution in [3.63, 3.8) is 0 Å². The molecular weight excluding hydrogens is 230 g/mol. The lowest BCUT2D eigenvalue weighted by Gasteiger charge is -2.12. The van der Waals surface area contributed by atoms with E-state index in [1.807, 2.05) is 6.20 Å². The van der Waals surface area contributed by atoms with Crippen LogP contribution >= 0.6 is 15.9 Å². The molecule has 1 unspecified atom stereocenters. The topological polar surface area (TPSA) is 50.9 Å². The number of nitrogens with two attached hydrogens (primary N) is 1. The summed E-state index contributed by atoms with van der Waals surface area (Å²) < 4.78 is 1.01. The smallest absolute Gasteiger partial charge is 0.0410 e. The van der Waals surface area contributed by atoms with Gasteiger partial charge in [0.1, 0.15) is 0 Å². The molecule has 0 fully saturated rings. The summed E-state index contributed by atoms with van der Waals surface area (Å²) in [5.74, 6) is 5.39. The minimum Gasteiger partial charge on any atom is -0.271 e. The molecule has 72 valence electrons. The zero-order valence-electron chi connectivity index (χ0n) is 7.63. The number of nitrogens with one attached hydrogen (secondary N) is 1. The predicted molar refractivity (Wildman–Crippen MR) is 57.0 cm³/mol. The first-order valence-corrected chi connectivity index (χ1v) is 5.11. The van der Waals surface area contributed by atoms with Gasteiger partial charge in [-0.05, 0) is 40.4 Å². The Bertz CT molecular complexity index is 261. The third-order valence-electron chi connectivity index (χ3n) is 1.97. The van der Waals surface area contributed by atoms with Gasteiger partial charge in [-0.1, -0.05) is 6.92 Å². The fourth-order valence-corrected chi connectivity index (χ4v) is 1.59. The molecule has 0 radical (unpaired) electrons. The highest BCUT2D eigenvalue weighted by Gasteiger charge is 2.04. The van der Waals surface area contributed by atoms with Crippen molar-refractivity contribution in [2.24, 2.45) is 5.84 Å². The SMILES string of the molecule is CCC(Cc1cncc(Br)c1)NN. The van der Waals surface area contributed by atoms with E-state index in [4.69, 9.17) is 5.84 Å². The Kier molecular flexibility index (Phi) is 4.35. The van der Waals surface area contributed by atoms with Gasteiger partial charge in [0.25, 0.3) is 0 Å². The number of nitrogens with zero attached hydrogens (tertiary/aromatic N) is 1. The zero-order valence-corrected chi connectivity index (χ0v) is 9.21. The summed E-state index contributed by atoms with van der Waals surface area (Å²) in [6.07, 6.45) is 5.58. The van der Waals surface area contributed by atoms with Gasteiger partial charge in [-0.15, -0.1) is 0 Å². The van der Waals surface area contributed by atoms with Crippen LogP contribution in [0.15, 0.2) is 22.9 Å². The van der Waals surface area contributed by atoms with Crippen LogP contribution in [0.1, 0.15) is 18.9 Å². The normalized spacial score (nSPS) is 12.8. The molecule has 1 aromatic heterocycles. The second kappa shape index (κ2) is 5.32. The summed E-state index contributed by atoms with van der Waals surface area (Å²) in [4.78, 5) is 4.09. The maximum absolute atomic E-state index is 5.39. The van der Waals surface area contributed by atoms with Crippen LogP contribution in [-0.4, -0.2) is 11.0 Å². The van der Waals surface area contributed by atoms with Gasteiger partial charge < -0.3 is 0 Å². The van der Waals surface area contributed by atoms with Crippen molar-refractivity contribution in [2.45, 2.75) is 25.8 Å². The Morgan fingerprint density at radius 2 is 2.38 bits per heavy atom. The molecule has 0 bridgehead atoms. The van der Waals surface area contributed by atoms with Gasteiger partial charge in [0.15, 0.2) is 0 Å². The number of rotatable bonds is 4. The van der Waals surface area contributed by atoms with Gasteiger partial charge >= 0.3 is 0 Å². The van der Waals surface area contributed by atoms with E-state index in [0.717, 1.165) is 17.3 Å². The number of hydrazine groups is 1. The van der Waals surface area contributed by atoms with Crippen molar-refractivity contribution in [3.05, 3.63) is 28.5 Å². The summed E-state index contributed by atoms with van der Waals surface area (Å²) in [5.41, 5.74) is 3.97. The molecule has 0 aliphatic carbocycles. The highest BCUT2D eigenvalue weighted by atomic mass is 79.9. The summed E-state index contributed by atoms with van der Waals surface area (Å²) in [7, 11) is 0. The molecule has 4 heteroatoms. The van der Waals surface area contributed by atoms with Gasteiger partial charge in [-0.25, -0.2) is 0 Å². The number of hydrogen-bond acceptors (Lipinski definition) is 3.